The molecule has 1 aliphatic rings. The predicted molar refractivity (Wildman–Crippen MR) is 54.0 cm³/mol. The Hall–Kier alpha value is -1.64. The van der Waals surface area contributed by atoms with Gasteiger partial charge < -0.3 is 4.74 Å². The first-order chi connectivity index (χ1) is 7.29. The van der Waals surface area contributed by atoms with Crippen LogP contribution in [-0.4, -0.2) is 12.4 Å². The van der Waals surface area contributed by atoms with E-state index in [1.54, 1.807) is 18.2 Å². The molecule has 0 aliphatic carbocycles. The molecule has 0 atom stereocenters. The van der Waals surface area contributed by atoms with Crippen molar-refractivity contribution in [3.8, 4) is 0 Å². The summed E-state index contributed by atoms with van der Waals surface area (Å²) in [5.74, 6) is -0.600. The lowest BCUT2D eigenvalue weighted by molar-refractivity contribution is 0.0895. The summed E-state index contributed by atoms with van der Waals surface area (Å²) < 4.78 is 18.5. The van der Waals surface area contributed by atoms with Gasteiger partial charge in [-0.15, -0.1) is 0 Å². The molecule has 0 saturated carbocycles. The van der Waals surface area contributed by atoms with Crippen molar-refractivity contribution in [2.45, 2.75) is 12.8 Å². The van der Waals surface area contributed by atoms with Gasteiger partial charge in [-0.05, 0) is 31.1 Å². The van der Waals surface area contributed by atoms with Crippen LogP contribution in [0.4, 0.5) is 4.39 Å². The highest BCUT2D eigenvalue weighted by Gasteiger charge is 2.18. The molecule has 15 heavy (non-hydrogen) atoms. The lowest BCUT2D eigenvalue weighted by Crippen LogP contribution is -2.12. The second-order valence-corrected chi connectivity index (χ2v) is 3.37. The molecule has 0 saturated heterocycles. The smallest absolute Gasteiger partial charge is 0.230 e. The van der Waals surface area contributed by atoms with Crippen LogP contribution in [0.25, 0.3) is 0 Å². The molecule has 1 aliphatic heterocycles. The van der Waals surface area contributed by atoms with E-state index < -0.39 is 5.82 Å². The topological polar surface area (TPSA) is 26.3 Å². The molecule has 0 bridgehead atoms. The number of ketones is 1. The van der Waals surface area contributed by atoms with Crippen molar-refractivity contribution >= 4 is 5.78 Å². The van der Waals surface area contributed by atoms with Gasteiger partial charge in [-0.1, -0.05) is 12.1 Å². The van der Waals surface area contributed by atoms with Crippen molar-refractivity contribution in [1.82, 2.24) is 0 Å². The van der Waals surface area contributed by atoms with E-state index in [1.165, 1.54) is 12.1 Å². The fraction of sp³-hybridized carbons (Fsp3) is 0.250. The lowest BCUT2D eigenvalue weighted by atomic mass is 10.1. The van der Waals surface area contributed by atoms with Crippen LogP contribution in [0.1, 0.15) is 23.2 Å². The molecule has 3 heteroatoms. The molecule has 0 spiro atoms. The molecule has 1 heterocycles. The first kappa shape index (κ1) is 9.90. The van der Waals surface area contributed by atoms with E-state index >= 15 is 0 Å². The first-order valence-corrected chi connectivity index (χ1v) is 4.91. The molecule has 0 fully saturated rings. The first-order valence-electron chi connectivity index (χ1n) is 4.91. The number of ether oxygens (including phenoxy) is 1. The van der Waals surface area contributed by atoms with E-state index in [4.69, 9.17) is 4.74 Å². The molecule has 2 rings (SSSR count). The number of hydrogen-bond donors (Lipinski definition) is 0. The highest BCUT2D eigenvalue weighted by Crippen LogP contribution is 2.17. The lowest BCUT2D eigenvalue weighted by Gasteiger charge is -2.13. The third-order valence-electron chi connectivity index (χ3n) is 2.28. The third kappa shape index (κ3) is 2.06. The van der Waals surface area contributed by atoms with Crippen molar-refractivity contribution in [2.24, 2.45) is 0 Å². The van der Waals surface area contributed by atoms with Gasteiger partial charge in [0.2, 0.25) is 5.78 Å². The van der Waals surface area contributed by atoms with Gasteiger partial charge in [0.1, 0.15) is 5.82 Å². The zero-order valence-electron chi connectivity index (χ0n) is 8.20. The summed E-state index contributed by atoms with van der Waals surface area (Å²) in [5, 5.41) is 0. The summed E-state index contributed by atoms with van der Waals surface area (Å²) in [6.07, 6.45) is 3.45. The summed E-state index contributed by atoms with van der Waals surface area (Å²) in [7, 11) is 0. The Labute approximate surface area is 87.4 Å². The zero-order chi connectivity index (χ0) is 10.7. The molecule has 0 aromatic heterocycles. The minimum absolute atomic E-state index is 0.0747. The maximum absolute atomic E-state index is 13.3. The van der Waals surface area contributed by atoms with Gasteiger partial charge in [-0.2, -0.15) is 0 Å². The number of halogens is 1. The van der Waals surface area contributed by atoms with Gasteiger partial charge >= 0.3 is 0 Å². The van der Waals surface area contributed by atoms with Crippen molar-refractivity contribution in [3.05, 3.63) is 47.5 Å². The van der Waals surface area contributed by atoms with Crippen LogP contribution in [0.3, 0.4) is 0 Å². The predicted octanol–water partition coefficient (Wildman–Crippen LogP) is 2.70. The van der Waals surface area contributed by atoms with Gasteiger partial charge in [-0.25, -0.2) is 4.39 Å². The fourth-order valence-electron chi connectivity index (χ4n) is 1.49. The summed E-state index contributed by atoms with van der Waals surface area (Å²) in [4.78, 5) is 11.8. The van der Waals surface area contributed by atoms with E-state index in [0.29, 0.717) is 6.61 Å². The average molecular weight is 206 g/mol. The molecule has 0 unspecified atom stereocenters. The van der Waals surface area contributed by atoms with Crippen LogP contribution in [0.5, 0.6) is 0 Å². The number of Topliss-reactive ketones (excluding diaryl/α,β-unsaturated/α-hetero) is 1. The fourth-order valence-corrected chi connectivity index (χ4v) is 1.49. The molecule has 0 amide bonds. The highest BCUT2D eigenvalue weighted by molar-refractivity contribution is 6.07. The van der Waals surface area contributed by atoms with Crippen molar-refractivity contribution in [2.75, 3.05) is 6.61 Å². The second kappa shape index (κ2) is 4.26. The summed E-state index contributed by atoms with van der Waals surface area (Å²) in [6, 6.07) is 5.94. The Bertz CT molecular complexity index is 410. The van der Waals surface area contributed by atoms with Crippen LogP contribution in [-0.2, 0) is 4.74 Å². The van der Waals surface area contributed by atoms with Gasteiger partial charge in [0.25, 0.3) is 0 Å². The zero-order valence-corrected chi connectivity index (χ0v) is 8.20. The van der Waals surface area contributed by atoms with E-state index in [9.17, 15) is 9.18 Å². The Morgan fingerprint density at radius 3 is 2.80 bits per heavy atom. The molecule has 2 nitrogen and oxygen atoms in total. The van der Waals surface area contributed by atoms with E-state index in [1.807, 2.05) is 0 Å². The Balaban J connectivity index is 2.28. The number of carbonyl (C=O) groups is 1. The number of hydrogen-bond acceptors (Lipinski definition) is 2. The van der Waals surface area contributed by atoms with E-state index in [0.717, 1.165) is 12.8 Å². The molecule has 0 N–H and O–H groups in total. The van der Waals surface area contributed by atoms with E-state index in [-0.39, 0.29) is 17.1 Å². The van der Waals surface area contributed by atoms with Crippen LogP contribution in [0, 0.1) is 5.82 Å². The number of rotatable bonds is 2. The van der Waals surface area contributed by atoms with Crippen LogP contribution >= 0.6 is 0 Å². The third-order valence-corrected chi connectivity index (χ3v) is 2.28. The maximum Gasteiger partial charge on any atom is 0.230 e. The van der Waals surface area contributed by atoms with Crippen molar-refractivity contribution < 1.29 is 13.9 Å². The van der Waals surface area contributed by atoms with Gasteiger partial charge in [-0.3, -0.25) is 4.79 Å². The normalized spacial score (nSPS) is 15.4. The second-order valence-electron chi connectivity index (χ2n) is 3.37. The Morgan fingerprint density at radius 1 is 1.33 bits per heavy atom. The van der Waals surface area contributed by atoms with Crippen molar-refractivity contribution in [3.63, 3.8) is 0 Å². The molecular weight excluding hydrogens is 195 g/mol. The quantitative estimate of drug-likeness (QED) is 0.695. The van der Waals surface area contributed by atoms with Crippen LogP contribution in [0.2, 0.25) is 0 Å². The average Bonchev–Trinajstić information content (AvgIpc) is 2.30. The summed E-state index contributed by atoms with van der Waals surface area (Å²) in [5.41, 5.74) is 0.0747. The van der Waals surface area contributed by atoms with Gasteiger partial charge in [0.15, 0.2) is 5.76 Å². The summed E-state index contributed by atoms with van der Waals surface area (Å²) in [6.45, 7) is 0.534. The Morgan fingerprint density at radius 2 is 2.13 bits per heavy atom. The number of benzene rings is 1. The van der Waals surface area contributed by atoms with Crippen molar-refractivity contribution in [1.29, 1.82) is 0 Å². The molecule has 78 valence electrons. The van der Waals surface area contributed by atoms with E-state index in [2.05, 4.69) is 0 Å². The Kier molecular flexibility index (Phi) is 2.81. The largest absolute Gasteiger partial charge is 0.490 e. The van der Waals surface area contributed by atoms with Crippen LogP contribution < -0.4 is 0 Å². The molecular formula is C12H11FO2. The highest BCUT2D eigenvalue weighted by atomic mass is 19.1. The standard InChI is InChI=1S/C12H11FO2/c13-10-6-2-1-5-9(10)12(14)11-7-3-4-8-15-11/h1-2,5-7H,3-4,8H2. The summed E-state index contributed by atoms with van der Waals surface area (Å²) >= 11 is 0. The molecule has 0 radical (unpaired) electrons. The minimum atomic E-state index is -0.502. The van der Waals surface area contributed by atoms with Gasteiger partial charge in [0.05, 0.1) is 12.2 Å². The monoisotopic (exact) mass is 206 g/mol. The van der Waals surface area contributed by atoms with Crippen LogP contribution in [0.15, 0.2) is 36.1 Å². The number of carbonyl (C=O) groups excluding carboxylic acids is 1. The minimum Gasteiger partial charge on any atom is -0.490 e. The number of allylic oxidation sites excluding steroid dienone is 2. The van der Waals surface area contributed by atoms with Gasteiger partial charge in [0, 0.05) is 0 Å². The SMILES string of the molecule is O=C(C1=CCCCO1)c1ccccc1F. The maximum atomic E-state index is 13.3. The molecule has 1 aromatic rings. The molecule has 1 aromatic carbocycles.